The molecule has 0 fully saturated rings. The summed E-state index contributed by atoms with van der Waals surface area (Å²) < 4.78 is 0. The maximum Gasteiger partial charge on any atom is 0.255 e. The molecule has 0 bridgehead atoms. The summed E-state index contributed by atoms with van der Waals surface area (Å²) in [6, 6.07) is 4.87. The molecule has 0 saturated heterocycles. The number of nitrogens with zero attached hydrogens (tertiary/aromatic N) is 1. The van der Waals surface area contributed by atoms with Crippen LogP contribution in [0.15, 0.2) is 18.2 Å². The van der Waals surface area contributed by atoms with Gasteiger partial charge in [0, 0.05) is 25.2 Å². The average molecular weight is 298 g/mol. The quantitative estimate of drug-likeness (QED) is 0.927. The normalized spacial score (nSPS) is 9.65. The molecular weight excluding hydrogens is 282 g/mol. The minimum atomic E-state index is -0.122. The van der Waals surface area contributed by atoms with Crippen LogP contribution in [0.4, 0.5) is 0 Å². The molecule has 0 aliphatic carbocycles. The van der Waals surface area contributed by atoms with Crippen LogP contribution in [0.2, 0.25) is 10.0 Å². The number of hydrogen-bond donors (Lipinski definition) is 1. The van der Waals surface area contributed by atoms with Crippen LogP contribution in [-0.4, -0.2) is 38.0 Å². The standard InChI is InChI=1S/C11H14Cl2N2O.ClH/c1-14-5-6-15(2)11(16)9-7-8(12)3-4-10(9)13;/h3-4,7,14H,5-6H2,1-2H3;1H. The zero-order valence-electron chi connectivity index (χ0n) is 9.67. The Morgan fingerprint density at radius 3 is 2.65 bits per heavy atom. The van der Waals surface area contributed by atoms with E-state index in [1.54, 1.807) is 30.1 Å². The summed E-state index contributed by atoms with van der Waals surface area (Å²) >= 11 is 11.8. The number of rotatable bonds is 4. The van der Waals surface area contributed by atoms with Gasteiger partial charge in [0.1, 0.15) is 0 Å². The molecule has 0 aromatic heterocycles. The van der Waals surface area contributed by atoms with Gasteiger partial charge in [0.2, 0.25) is 0 Å². The van der Waals surface area contributed by atoms with Gasteiger partial charge in [0.05, 0.1) is 10.6 Å². The SMILES string of the molecule is CNCCN(C)C(=O)c1cc(Cl)ccc1Cl.Cl. The lowest BCUT2D eigenvalue weighted by Gasteiger charge is -2.17. The first-order valence-corrected chi connectivity index (χ1v) is 5.67. The van der Waals surface area contributed by atoms with E-state index in [4.69, 9.17) is 23.2 Å². The summed E-state index contributed by atoms with van der Waals surface area (Å²) in [4.78, 5) is 13.6. The van der Waals surface area contributed by atoms with Crippen LogP contribution in [0.5, 0.6) is 0 Å². The topological polar surface area (TPSA) is 32.3 Å². The molecule has 0 aliphatic rings. The van der Waals surface area contributed by atoms with Gasteiger partial charge in [-0.05, 0) is 25.2 Å². The molecule has 0 spiro atoms. The van der Waals surface area contributed by atoms with Crippen molar-refractivity contribution in [1.82, 2.24) is 10.2 Å². The molecular formula is C11H15Cl3N2O. The summed E-state index contributed by atoms with van der Waals surface area (Å²) in [6.07, 6.45) is 0. The lowest BCUT2D eigenvalue weighted by molar-refractivity contribution is 0.0797. The molecule has 96 valence electrons. The smallest absolute Gasteiger partial charge is 0.255 e. The number of nitrogens with one attached hydrogen (secondary N) is 1. The summed E-state index contributed by atoms with van der Waals surface area (Å²) in [5.74, 6) is -0.122. The predicted molar refractivity (Wildman–Crippen MR) is 74.6 cm³/mol. The monoisotopic (exact) mass is 296 g/mol. The Balaban J connectivity index is 0.00000256. The molecule has 0 saturated carbocycles. The van der Waals surface area contributed by atoms with E-state index < -0.39 is 0 Å². The highest BCUT2D eigenvalue weighted by Gasteiger charge is 2.14. The molecule has 3 nitrogen and oxygen atoms in total. The van der Waals surface area contributed by atoms with Gasteiger partial charge in [-0.1, -0.05) is 23.2 Å². The Bertz CT molecular complexity index is 385. The number of carbonyl (C=O) groups excluding carboxylic acids is 1. The third kappa shape index (κ3) is 4.72. The van der Waals surface area contributed by atoms with Crippen molar-refractivity contribution < 1.29 is 4.79 Å². The van der Waals surface area contributed by atoms with Crippen molar-refractivity contribution in [2.24, 2.45) is 0 Å². The van der Waals surface area contributed by atoms with Gasteiger partial charge in [0.25, 0.3) is 5.91 Å². The first-order chi connectivity index (χ1) is 7.56. The lowest BCUT2D eigenvalue weighted by atomic mass is 10.2. The second-order valence-corrected chi connectivity index (χ2v) is 4.30. The summed E-state index contributed by atoms with van der Waals surface area (Å²) in [5, 5.41) is 3.91. The van der Waals surface area contributed by atoms with Gasteiger partial charge in [-0.3, -0.25) is 4.79 Å². The number of benzene rings is 1. The lowest BCUT2D eigenvalue weighted by Crippen LogP contribution is -2.32. The minimum Gasteiger partial charge on any atom is -0.340 e. The van der Waals surface area contributed by atoms with Gasteiger partial charge in [-0.25, -0.2) is 0 Å². The number of amides is 1. The number of likely N-dealkylation sites (N-methyl/N-ethyl adjacent to an activating group) is 2. The van der Waals surface area contributed by atoms with Crippen molar-refractivity contribution in [2.75, 3.05) is 27.2 Å². The van der Waals surface area contributed by atoms with Gasteiger partial charge < -0.3 is 10.2 Å². The number of carbonyl (C=O) groups is 1. The first-order valence-electron chi connectivity index (χ1n) is 4.91. The molecule has 0 radical (unpaired) electrons. The first kappa shape index (κ1) is 16.5. The molecule has 1 N–H and O–H groups in total. The van der Waals surface area contributed by atoms with Crippen LogP contribution in [0, 0.1) is 0 Å². The molecule has 1 rings (SSSR count). The molecule has 6 heteroatoms. The van der Waals surface area contributed by atoms with E-state index >= 15 is 0 Å². The largest absolute Gasteiger partial charge is 0.340 e. The van der Waals surface area contributed by atoms with Crippen molar-refractivity contribution in [3.05, 3.63) is 33.8 Å². The van der Waals surface area contributed by atoms with E-state index in [2.05, 4.69) is 5.32 Å². The van der Waals surface area contributed by atoms with Crippen LogP contribution in [0.1, 0.15) is 10.4 Å². The van der Waals surface area contributed by atoms with Gasteiger partial charge in [-0.2, -0.15) is 0 Å². The molecule has 0 aliphatic heterocycles. The van der Waals surface area contributed by atoms with E-state index in [0.717, 1.165) is 6.54 Å². The van der Waals surface area contributed by atoms with E-state index in [0.29, 0.717) is 22.2 Å². The highest BCUT2D eigenvalue weighted by Crippen LogP contribution is 2.21. The Hall–Kier alpha value is -0.480. The summed E-state index contributed by atoms with van der Waals surface area (Å²) in [6.45, 7) is 1.36. The second-order valence-electron chi connectivity index (χ2n) is 3.45. The van der Waals surface area contributed by atoms with Crippen molar-refractivity contribution >= 4 is 41.5 Å². The predicted octanol–water partition coefficient (Wildman–Crippen LogP) is 2.71. The van der Waals surface area contributed by atoms with Crippen molar-refractivity contribution in [3.63, 3.8) is 0 Å². The van der Waals surface area contributed by atoms with Crippen LogP contribution in [-0.2, 0) is 0 Å². The zero-order valence-corrected chi connectivity index (χ0v) is 12.0. The number of halogens is 3. The second kappa shape index (κ2) is 7.77. The van der Waals surface area contributed by atoms with Crippen molar-refractivity contribution in [3.8, 4) is 0 Å². The zero-order chi connectivity index (χ0) is 12.1. The van der Waals surface area contributed by atoms with Crippen molar-refractivity contribution in [2.45, 2.75) is 0 Å². The third-order valence-electron chi connectivity index (χ3n) is 2.20. The minimum absolute atomic E-state index is 0. The van der Waals surface area contributed by atoms with Crippen molar-refractivity contribution in [1.29, 1.82) is 0 Å². The molecule has 1 amide bonds. The molecule has 0 unspecified atom stereocenters. The molecule has 1 aromatic rings. The fourth-order valence-electron chi connectivity index (χ4n) is 1.25. The van der Waals surface area contributed by atoms with Crippen LogP contribution < -0.4 is 5.32 Å². The summed E-state index contributed by atoms with van der Waals surface area (Å²) in [7, 11) is 3.57. The Labute approximate surface area is 117 Å². The van der Waals surface area contributed by atoms with Gasteiger partial charge in [-0.15, -0.1) is 12.4 Å². The molecule has 17 heavy (non-hydrogen) atoms. The van der Waals surface area contributed by atoms with Crippen LogP contribution in [0.25, 0.3) is 0 Å². The maximum atomic E-state index is 12.0. The van der Waals surface area contributed by atoms with Gasteiger partial charge in [0.15, 0.2) is 0 Å². The highest BCUT2D eigenvalue weighted by atomic mass is 35.5. The van der Waals surface area contributed by atoms with Gasteiger partial charge >= 0.3 is 0 Å². The Morgan fingerprint density at radius 2 is 2.06 bits per heavy atom. The van der Waals surface area contributed by atoms with E-state index in [9.17, 15) is 4.79 Å². The number of hydrogen-bond acceptors (Lipinski definition) is 2. The van der Waals surface area contributed by atoms with E-state index in [1.165, 1.54) is 0 Å². The maximum absolute atomic E-state index is 12.0. The fourth-order valence-corrected chi connectivity index (χ4v) is 1.62. The van der Waals surface area contributed by atoms with E-state index in [-0.39, 0.29) is 18.3 Å². The van der Waals surface area contributed by atoms with E-state index in [1.807, 2.05) is 7.05 Å². The average Bonchev–Trinajstić information content (AvgIpc) is 2.28. The van der Waals surface area contributed by atoms with Crippen LogP contribution in [0.3, 0.4) is 0 Å². The third-order valence-corrected chi connectivity index (χ3v) is 2.77. The molecule has 0 atom stereocenters. The van der Waals surface area contributed by atoms with Crippen LogP contribution >= 0.6 is 35.6 Å². The summed E-state index contributed by atoms with van der Waals surface area (Å²) in [5.41, 5.74) is 0.438. The fraction of sp³-hybridized carbons (Fsp3) is 0.364. The Kier molecular flexibility index (Phi) is 7.55. The Morgan fingerprint density at radius 1 is 1.41 bits per heavy atom. The highest BCUT2D eigenvalue weighted by molar-refractivity contribution is 6.35. The molecule has 0 heterocycles. The molecule has 1 aromatic carbocycles.